The summed E-state index contributed by atoms with van der Waals surface area (Å²) in [6.45, 7) is 7.31. The highest BCUT2D eigenvalue weighted by atomic mass is 16.5. The van der Waals surface area contributed by atoms with Crippen LogP contribution in [-0.4, -0.2) is 68.3 Å². The van der Waals surface area contributed by atoms with Gasteiger partial charge in [0.25, 0.3) is 0 Å². The monoisotopic (exact) mass is 347 g/mol. The van der Waals surface area contributed by atoms with E-state index in [4.69, 9.17) is 9.47 Å². The zero-order valence-corrected chi connectivity index (χ0v) is 15.2. The molecule has 25 heavy (non-hydrogen) atoms. The Kier molecular flexibility index (Phi) is 6.02. The van der Waals surface area contributed by atoms with Crippen LogP contribution in [0.2, 0.25) is 0 Å². The molecule has 0 unspecified atom stereocenters. The Balaban J connectivity index is 1.44. The lowest BCUT2D eigenvalue weighted by atomic mass is 10.1. The van der Waals surface area contributed by atoms with Gasteiger partial charge in [-0.3, -0.25) is 0 Å². The second kappa shape index (κ2) is 8.43. The van der Waals surface area contributed by atoms with Crippen molar-refractivity contribution in [1.82, 2.24) is 15.1 Å². The summed E-state index contributed by atoms with van der Waals surface area (Å²) < 4.78 is 11.1. The third-order valence-electron chi connectivity index (χ3n) is 5.11. The number of methoxy groups -OCH3 is 1. The van der Waals surface area contributed by atoms with Crippen LogP contribution < -0.4 is 14.8 Å². The number of piperidine rings is 1. The van der Waals surface area contributed by atoms with Gasteiger partial charge in [0.1, 0.15) is 0 Å². The van der Waals surface area contributed by atoms with Crippen molar-refractivity contribution >= 4 is 6.03 Å². The molecule has 0 saturated carbocycles. The number of ether oxygens (including phenoxy) is 2. The van der Waals surface area contributed by atoms with Crippen molar-refractivity contribution in [3.05, 3.63) is 24.3 Å². The van der Waals surface area contributed by atoms with Crippen LogP contribution in [0, 0.1) is 5.92 Å². The van der Waals surface area contributed by atoms with Gasteiger partial charge in [-0.25, -0.2) is 4.79 Å². The fourth-order valence-electron chi connectivity index (χ4n) is 3.55. The molecular weight excluding hydrogens is 318 g/mol. The van der Waals surface area contributed by atoms with Crippen LogP contribution in [0.1, 0.15) is 19.8 Å². The number of carbonyl (C=O) groups is 1. The van der Waals surface area contributed by atoms with Crippen molar-refractivity contribution in [2.75, 3.05) is 46.4 Å². The smallest absolute Gasteiger partial charge is 0.317 e. The zero-order chi connectivity index (χ0) is 17.6. The average molecular weight is 347 g/mol. The first-order valence-corrected chi connectivity index (χ1v) is 9.20. The Morgan fingerprint density at radius 2 is 1.92 bits per heavy atom. The van der Waals surface area contributed by atoms with E-state index in [-0.39, 0.29) is 11.9 Å². The molecule has 3 saturated heterocycles. The largest absolute Gasteiger partial charge is 0.493 e. The van der Waals surface area contributed by atoms with Crippen LogP contribution in [0.4, 0.5) is 4.79 Å². The summed E-state index contributed by atoms with van der Waals surface area (Å²) in [7, 11) is 1.64. The van der Waals surface area contributed by atoms with E-state index in [1.807, 2.05) is 29.2 Å². The number of nitrogens with zero attached hydrogens (tertiary/aromatic N) is 2. The highest BCUT2D eigenvalue weighted by molar-refractivity contribution is 5.74. The minimum absolute atomic E-state index is 0.0675. The summed E-state index contributed by atoms with van der Waals surface area (Å²) in [4.78, 5) is 17.0. The van der Waals surface area contributed by atoms with Gasteiger partial charge in [0.2, 0.25) is 0 Å². The SMILES string of the molecule is COc1ccccc1OC[C@H](C)CNC(=O)N1CCN2CCC1CC2. The van der Waals surface area contributed by atoms with E-state index >= 15 is 0 Å². The van der Waals surface area contributed by atoms with Gasteiger partial charge in [-0.2, -0.15) is 0 Å². The van der Waals surface area contributed by atoms with Crippen LogP contribution in [0.5, 0.6) is 11.5 Å². The van der Waals surface area contributed by atoms with E-state index in [2.05, 4.69) is 17.1 Å². The molecule has 1 N–H and O–H groups in total. The van der Waals surface area contributed by atoms with Gasteiger partial charge in [0.05, 0.1) is 13.7 Å². The van der Waals surface area contributed by atoms with Crippen molar-refractivity contribution in [3.8, 4) is 11.5 Å². The molecule has 0 aromatic heterocycles. The number of rotatable bonds is 6. The van der Waals surface area contributed by atoms with Gasteiger partial charge in [-0.15, -0.1) is 0 Å². The molecule has 2 amide bonds. The molecule has 0 spiro atoms. The van der Waals surface area contributed by atoms with E-state index in [9.17, 15) is 4.79 Å². The number of amides is 2. The van der Waals surface area contributed by atoms with Crippen molar-refractivity contribution in [1.29, 1.82) is 0 Å². The summed E-state index contributed by atoms with van der Waals surface area (Å²) in [5, 5.41) is 3.08. The lowest BCUT2D eigenvalue weighted by Crippen LogP contribution is -2.48. The molecule has 3 aliphatic rings. The molecule has 2 bridgehead atoms. The minimum Gasteiger partial charge on any atom is -0.493 e. The van der Waals surface area contributed by atoms with Crippen LogP contribution in [0.15, 0.2) is 24.3 Å². The number of hydrogen-bond acceptors (Lipinski definition) is 4. The van der Waals surface area contributed by atoms with E-state index < -0.39 is 0 Å². The number of nitrogens with one attached hydrogen (secondary N) is 1. The maximum Gasteiger partial charge on any atom is 0.317 e. The molecule has 6 heteroatoms. The Bertz CT molecular complexity index is 573. The van der Waals surface area contributed by atoms with E-state index in [1.54, 1.807) is 7.11 Å². The fourth-order valence-corrected chi connectivity index (χ4v) is 3.55. The molecule has 1 aromatic rings. The summed E-state index contributed by atoms with van der Waals surface area (Å²) in [5.74, 6) is 1.69. The van der Waals surface area contributed by atoms with Crippen LogP contribution in [0.3, 0.4) is 0 Å². The third kappa shape index (κ3) is 4.57. The number of carbonyl (C=O) groups excluding carboxylic acids is 1. The quantitative estimate of drug-likeness (QED) is 0.857. The maximum atomic E-state index is 12.6. The molecular formula is C19H29N3O3. The van der Waals surface area contributed by atoms with Gasteiger partial charge < -0.3 is 24.6 Å². The Labute approximate surface area is 150 Å². The molecule has 3 aliphatic heterocycles. The number of benzene rings is 1. The Morgan fingerprint density at radius 1 is 1.20 bits per heavy atom. The summed E-state index contributed by atoms with van der Waals surface area (Å²) in [6, 6.07) is 8.09. The standard InChI is InChI=1S/C19H29N3O3/c1-15(14-25-18-6-4-3-5-17(18)24-2)13-20-19(23)22-12-11-21-9-7-16(22)8-10-21/h3-6,15-16H,7-14H2,1-2H3,(H,20,23)/t15-/m1/s1. The lowest BCUT2D eigenvalue weighted by molar-refractivity contribution is 0.167. The fraction of sp³-hybridized carbons (Fsp3) is 0.632. The first-order chi connectivity index (χ1) is 12.2. The number of urea groups is 1. The average Bonchev–Trinajstić information content (AvgIpc) is 2.98. The van der Waals surface area contributed by atoms with Gasteiger partial charge in [-0.05, 0) is 25.0 Å². The Hall–Kier alpha value is -1.95. The van der Waals surface area contributed by atoms with Crippen LogP contribution in [-0.2, 0) is 0 Å². The molecule has 6 nitrogen and oxygen atoms in total. The van der Waals surface area contributed by atoms with E-state index in [1.165, 1.54) is 0 Å². The summed E-state index contributed by atoms with van der Waals surface area (Å²) >= 11 is 0. The predicted molar refractivity (Wildman–Crippen MR) is 97.2 cm³/mol. The highest BCUT2D eigenvalue weighted by Gasteiger charge is 2.31. The molecule has 1 aromatic carbocycles. The van der Waals surface area contributed by atoms with E-state index in [0.717, 1.165) is 50.5 Å². The van der Waals surface area contributed by atoms with Gasteiger partial charge in [-0.1, -0.05) is 19.1 Å². The highest BCUT2D eigenvalue weighted by Crippen LogP contribution is 2.26. The lowest BCUT2D eigenvalue weighted by Gasteiger charge is -2.31. The Morgan fingerprint density at radius 3 is 2.64 bits per heavy atom. The maximum absolute atomic E-state index is 12.6. The summed E-state index contributed by atoms with van der Waals surface area (Å²) in [6.07, 6.45) is 2.19. The van der Waals surface area contributed by atoms with Crippen molar-refractivity contribution in [2.24, 2.45) is 5.92 Å². The van der Waals surface area contributed by atoms with Crippen LogP contribution in [0.25, 0.3) is 0 Å². The first kappa shape index (κ1) is 17.9. The second-order valence-electron chi connectivity index (χ2n) is 7.02. The molecule has 1 atom stereocenters. The molecule has 4 rings (SSSR count). The van der Waals surface area contributed by atoms with Gasteiger partial charge in [0, 0.05) is 44.7 Å². The minimum atomic E-state index is 0.0675. The normalized spacial score (nSPS) is 23.7. The van der Waals surface area contributed by atoms with E-state index in [0.29, 0.717) is 19.2 Å². The molecule has 138 valence electrons. The van der Waals surface area contributed by atoms with Crippen molar-refractivity contribution in [2.45, 2.75) is 25.8 Å². The predicted octanol–water partition coefficient (Wildman–Crippen LogP) is 2.20. The van der Waals surface area contributed by atoms with Gasteiger partial charge >= 0.3 is 6.03 Å². The number of fused-ring (bicyclic) bond motifs is 4. The number of hydrogen-bond donors (Lipinski definition) is 1. The second-order valence-corrected chi connectivity index (χ2v) is 7.02. The molecule has 3 fully saturated rings. The first-order valence-electron chi connectivity index (χ1n) is 9.20. The summed E-state index contributed by atoms with van der Waals surface area (Å²) in [5.41, 5.74) is 0. The third-order valence-corrected chi connectivity index (χ3v) is 5.11. The zero-order valence-electron chi connectivity index (χ0n) is 15.2. The number of para-hydroxylation sites is 2. The molecule has 3 heterocycles. The van der Waals surface area contributed by atoms with Crippen molar-refractivity contribution < 1.29 is 14.3 Å². The molecule has 0 aliphatic carbocycles. The topological polar surface area (TPSA) is 54.0 Å². The van der Waals surface area contributed by atoms with Crippen LogP contribution >= 0.6 is 0 Å². The molecule has 0 radical (unpaired) electrons. The van der Waals surface area contributed by atoms with Crippen molar-refractivity contribution in [3.63, 3.8) is 0 Å². The van der Waals surface area contributed by atoms with Gasteiger partial charge in [0.15, 0.2) is 11.5 Å².